The van der Waals surface area contributed by atoms with Gasteiger partial charge in [0, 0.05) is 73.2 Å². The van der Waals surface area contributed by atoms with E-state index in [1.807, 2.05) is 66.7 Å². The summed E-state index contributed by atoms with van der Waals surface area (Å²) in [5.41, 5.74) is 1.35. The summed E-state index contributed by atoms with van der Waals surface area (Å²) in [7, 11) is -10.4. The van der Waals surface area contributed by atoms with Gasteiger partial charge < -0.3 is 19.5 Å². The van der Waals surface area contributed by atoms with Gasteiger partial charge in [-0.15, -0.1) is 0 Å². The highest BCUT2D eigenvalue weighted by atomic mass is 32.2. The van der Waals surface area contributed by atoms with Crippen molar-refractivity contribution < 1.29 is 62.5 Å². The Balaban J connectivity index is 1.99. The molecule has 0 spiro atoms. The van der Waals surface area contributed by atoms with Gasteiger partial charge in [0.05, 0.1) is 33.7 Å². The largest absolute Gasteiger partial charge is 0.481 e. The minimum absolute atomic E-state index is 0.0311. The van der Waals surface area contributed by atoms with Crippen LogP contribution in [0.3, 0.4) is 0 Å². The molecule has 0 saturated heterocycles. The van der Waals surface area contributed by atoms with Gasteiger partial charge in [-0.3, -0.25) is 18.1 Å². The third kappa shape index (κ3) is 12.0. The summed E-state index contributed by atoms with van der Waals surface area (Å²) < 4.78 is 113. The fourth-order valence-corrected chi connectivity index (χ4v) is 10.1. The number of rotatable bonds is 22. The molecule has 0 radical (unpaired) electrons. The number of anilines is 1. The van der Waals surface area contributed by atoms with Crippen LogP contribution in [0, 0.1) is 0 Å². The summed E-state index contributed by atoms with van der Waals surface area (Å²) in [6.07, 6.45) is 8.71. The molecule has 2 aromatic rings. The van der Waals surface area contributed by atoms with E-state index < -0.39 is 64.0 Å². The topological polar surface area (TPSA) is 214 Å². The SMILES string of the molecule is COCCC1(C)C(C=CC=C2N(C(C)(C)CCOC(C)(C)C)c3ccc(S(=O)(=O)OC)cc3C2(C)CCCS(=O)(=O)O)=[N+](CCCCCC(=O)O)c2ccc(S(=O)(=O)O)cc21. The molecule has 15 nitrogen and oxygen atoms in total. The molecule has 0 fully saturated rings. The van der Waals surface area contributed by atoms with Gasteiger partial charge >= 0.3 is 5.97 Å². The highest BCUT2D eigenvalue weighted by Crippen LogP contribution is 2.54. The monoisotopic (exact) mass is 911 g/mol. The van der Waals surface area contributed by atoms with Crippen molar-refractivity contribution in [1.29, 1.82) is 0 Å². The van der Waals surface area contributed by atoms with Crippen LogP contribution in [0.15, 0.2) is 70.1 Å². The second-order valence-corrected chi connectivity index (χ2v) is 22.5. The van der Waals surface area contributed by atoms with E-state index in [2.05, 4.69) is 9.48 Å². The Labute approximate surface area is 362 Å². The van der Waals surface area contributed by atoms with Crippen LogP contribution in [0.5, 0.6) is 0 Å². The van der Waals surface area contributed by atoms with Gasteiger partial charge in [-0.05, 0) is 129 Å². The average molecular weight is 912 g/mol. The number of hydrogen-bond acceptors (Lipinski definition) is 11. The van der Waals surface area contributed by atoms with Gasteiger partial charge in [-0.2, -0.15) is 29.8 Å². The molecule has 18 heteroatoms. The zero-order valence-electron chi connectivity index (χ0n) is 36.7. The first kappa shape index (κ1) is 50.2. The second-order valence-electron chi connectivity index (χ2n) is 17.8. The molecular formula is C43H63N2O13S3+. The van der Waals surface area contributed by atoms with Crippen LogP contribution in [0.4, 0.5) is 11.4 Å². The normalized spacial score (nSPS) is 20.6. The molecule has 0 saturated carbocycles. The first-order valence-electron chi connectivity index (χ1n) is 20.3. The molecule has 0 amide bonds. The van der Waals surface area contributed by atoms with E-state index in [1.54, 1.807) is 25.3 Å². The molecule has 2 aliphatic heterocycles. The lowest BCUT2D eigenvalue weighted by Gasteiger charge is -2.41. The van der Waals surface area contributed by atoms with Crippen LogP contribution in [-0.4, -0.2) is 107 Å². The Hall–Kier alpha value is -3.49. The number of unbranched alkanes of at least 4 members (excludes halogenated alkanes) is 2. The lowest BCUT2D eigenvalue weighted by atomic mass is 9.76. The van der Waals surface area contributed by atoms with Crippen LogP contribution in [0.2, 0.25) is 0 Å². The Morgan fingerprint density at radius 2 is 1.49 bits per heavy atom. The minimum Gasteiger partial charge on any atom is -0.481 e. The number of benzene rings is 2. The quantitative estimate of drug-likeness (QED) is 0.0462. The number of methoxy groups -OCH3 is 1. The number of nitrogens with zero attached hydrogens (tertiary/aromatic N) is 2. The van der Waals surface area contributed by atoms with Crippen molar-refractivity contribution in [1.82, 2.24) is 0 Å². The number of carboxylic acids is 1. The predicted molar refractivity (Wildman–Crippen MR) is 234 cm³/mol. The number of carbonyl (C=O) groups is 1. The lowest BCUT2D eigenvalue weighted by molar-refractivity contribution is -0.438. The van der Waals surface area contributed by atoms with Gasteiger partial charge in [-0.25, -0.2) is 0 Å². The summed E-state index contributed by atoms with van der Waals surface area (Å²) in [6, 6.07) is 9.26. The minimum atomic E-state index is -4.55. The van der Waals surface area contributed by atoms with Crippen LogP contribution in [-0.2, 0) is 59.6 Å². The second kappa shape index (κ2) is 19.1. The van der Waals surface area contributed by atoms with Crippen molar-refractivity contribution in [2.75, 3.05) is 44.6 Å². The Kier molecular flexibility index (Phi) is 15.7. The zero-order valence-corrected chi connectivity index (χ0v) is 39.2. The Morgan fingerprint density at radius 1 is 0.836 bits per heavy atom. The van der Waals surface area contributed by atoms with Crippen LogP contribution in [0.25, 0.3) is 0 Å². The van der Waals surface area contributed by atoms with Gasteiger partial charge in [0.1, 0.15) is 6.54 Å². The number of allylic oxidation sites excluding steroid dienone is 4. The van der Waals surface area contributed by atoms with Crippen molar-refractivity contribution in [3.63, 3.8) is 0 Å². The number of carboxylic acid groups (broad SMARTS) is 1. The Bertz CT molecular complexity index is 2380. The van der Waals surface area contributed by atoms with E-state index in [-0.39, 0.29) is 29.1 Å². The average Bonchev–Trinajstić information content (AvgIpc) is 3.53. The van der Waals surface area contributed by atoms with Crippen LogP contribution >= 0.6 is 0 Å². The number of hydrogen-bond donors (Lipinski definition) is 3. The van der Waals surface area contributed by atoms with Crippen molar-refractivity contribution in [2.24, 2.45) is 0 Å². The maximum absolute atomic E-state index is 13.1. The first-order chi connectivity index (χ1) is 28.1. The van der Waals surface area contributed by atoms with E-state index in [4.69, 9.17) is 13.7 Å². The van der Waals surface area contributed by atoms with Gasteiger partial charge in [0.15, 0.2) is 5.71 Å². The van der Waals surface area contributed by atoms with Crippen molar-refractivity contribution in [3.05, 3.63) is 71.5 Å². The summed E-state index contributed by atoms with van der Waals surface area (Å²) in [5.74, 6) is -1.39. The van der Waals surface area contributed by atoms with E-state index in [0.29, 0.717) is 68.7 Å². The Morgan fingerprint density at radius 3 is 2.08 bits per heavy atom. The van der Waals surface area contributed by atoms with Crippen LogP contribution < -0.4 is 4.90 Å². The lowest BCUT2D eigenvalue weighted by Crippen LogP contribution is -2.45. The molecular weight excluding hydrogens is 849 g/mol. The molecule has 3 N–H and O–H groups in total. The molecule has 2 atom stereocenters. The third-order valence-electron chi connectivity index (χ3n) is 11.6. The molecule has 340 valence electrons. The molecule has 2 aromatic carbocycles. The molecule has 2 unspecified atom stereocenters. The van der Waals surface area contributed by atoms with Crippen molar-refractivity contribution in [2.45, 2.75) is 132 Å². The molecule has 0 aliphatic carbocycles. The number of aliphatic carboxylic acids is 1. The standard InChI is InChI=1S/C43H62N2O13S3/c1-40(2,3)58-27-23-41(4,5)45-36-21-19-32(61(54,55)57-9)30-34(36)42(6,22-14-28-59(48,49)50)38(45)16-13-15-37-43(7,24-26-56-8)33-29-31(60(51,52)53)18-20-35(33)44(37)25-12-10-11-17-39(46)47/h13,15-16,18-21,29-30H,10-12,14,17,22-28H2,1-9H3,(H2-,46,47,48,49,50,51,52,53)/p+1. The molecule has 0 bridgehead atoms. The smallest absolute Gasteiger partial charge is 0.303 e. The fraction of sp³-hybridized carbons (Fsp3) is 0.581. The van der Waals surface area contributed by atoms with E-state index in [0.717, 1.165) is 24.2 Å². The third-order valence-corrected chi connectivity index (χ3v) is 14.6. The summed E-state index contributed by atoms with van der Waals surface area (Å²) in [4.78, 5) is 13.0. The van der Waals surface area contributed by atoms with Crippen molar-refractivity contribution >= 4 is 53.4 Å². The van der Waals surface area contributed by atoms with E-state index in [9.17, 15) is 44.3 Å². The molecule has 61 heavy (non-hydrogen) atoms. The molecule has 0 aromatic heterocycles. The number of fused-ring (bicyclic) bond motifs is 2. The van der Waals surface area contributed by atoms with E-state index in [1.165, 1.54) is 18.2 Å². The molecule has 4 rings (SSSR count). The molecule has 2 aliphatic rings. The summed E-state index contributed by atoms with van der Waals surface area (Å²) in [5, 5.41) is 9.22. The number of ether oxygens (including phenoxy) is 2. The first-order valence-corrected chi connectivity index (χ1v) is 24.8. The highest BCUT2D eigenvalue weighted by molar-refractivity contribution is 7.86. The summed E-state index contributed by atoms with van der Waals surface area (Å²) >= 11 is 0. The van der Waals surface area contributed by atoms with Gasteiger partial charge in [0.2, 0.25) is 5.69 Å². The maximum atomic E-state index is 13.1. The predicted octanol–water partition coefficient (Wildman–Crippen LogP) is 7.18. The van der Waals surface area contributed by atoms with Crippen molar-refractivity contribution in [3.8, 4) is 0 Å². The highest BCUT2D eigenvalue weighted by Gasteiger charge is 2.50. The van der Waals surface area contributed by atoms with E-state index >= 15 is 0 Å². The van der Waals surface area contributed by atoms with Gasteiger partial charge in [-0.1, -0.05) is 6.08 Å². The fourth-order valence-electron chi connectivity index (χ4n) is 8.37. The molecule has 2 heterocycles. The zero-order chi connectivity index (χ0) is 45.8. The van der Waals surface area contributed by atoms with Gasteiger partial charge in [0.25, 0.3) is 30.4 Å². The summed E-state index contributed by atoms with van der Waals surface area (Å²) in [6.45, 7) is 15.1. The maximum Gasteiger partial charge on any atom is 0.303 e. The van der Waals surface area contributed by atoms with Crippen LogP contribution in [0.1, 0.15) is 111 Å².